The molecule has 2 amide bonds. The zero-order chi connectivity index (χ0) is 39.3. The molecule has 2 aromatic rings. The topological polar surface area (TPSA) is 127 Å². The first-order valence-corrected chi connectivity index (χ1v) is 20.5. The van der Waals surface area contributed by atoms with E-state index in [4.69, 9.17) is 4.84 Å². The summed E-state index contributed by atoms with van der Waals surface area (Å²) in [5.74, 6) is -1.85. The number of hydroxylamine groups is 2. The molecule has 288 valence electrons. The summed E-state index contributed by atoms with van der Waals surface area (Å²) in [6, 6.07) is 13.0. The average molecular weight is 756 g/mol. The Kier molecular flexibility index (Phi) is 12.6. The van der Waals surface area contributed by atoms with Gasteiger partial charge in [0.25, 0.3) is 11.8 Å². The number of carbonyl (C=O) groups is 3. The SMILES string of the molecule is Cc1ccc2c(c1)C(C)(C)C(=CC=CC=CC=CC1=[N+](CCCCCC(=O)ON3C(=O)CCC3=O)c3ccc(C)cc3C1(C)C)N2CCCCS(=O)(=O)[O-]. The van der Waals surface area contributed by atoms with Crippen LogP contribution in [-0.2, 0) is 40.2 Å². The van der Waals surface area contributed by atoms with Gasteiger partial charge in [0.2, 0.25) is 5.69 Å². The van der Waals surface area contributed by atoms with E-state index >= 15 is 0 Å². The second-order valence-corrected chi connectivity index (χ2v) is 17.0. The van der Waals surface area contributed by atoms with Gasteiger partial charge in [0.05, 0.1) is 15.5 Å². The maximum absolute atomic E-state index is 12.3. The molecule has 0 saturated carbocycles. The maximum atomic E-state index is 12.3. The molecular weight excluding hydrogens is 703 g/mol. The van der Waals surface area contributed by atoms with Crippen molar-refractivity contribution in [2.24, 2.45) is 0 Å². The number of anilines is 1. The third kappa shape index (κ3) is 9.36. The van der Waals surface area contributed by atoms with E-state index in [1.165, 1.54) is 33.7 Å². The van der Waals surface area contributed by atoms with Crippen molar-refractivity contribution in [3.8, 4) is 0 Å². The Morgan fingerprint density at radius 2 is 1.48 bits per heavy atom. The molecule has 0 spiro atoms. The molecule has 54 heavy (non-hydrogen) atoms. The number of amides is 2. The lowest BCUT2D eigenvalue weighted by Gasteiger charge is -2.27. The van der Waals surface area contributed by atoms with Gasteiger partial charge in [-0.2, -0.15) is 4.58 Å². The molecule has 0 radical (unpaired) electrons. The maximum Gasteiger partial charge on any atom is 0.333 e. The molecule has 0 bridgehead atoms. The Bertz CT molecular complexity index is 2040. The van der Waals surface area contributed by atoms with E-state index in [1.54, 1.807) is 0 Å². The second-order valence-electron chi connectivity index (χ2n) is 15.5. The Morgan fingerprint density at radius 3 is 2.19 bits per heavy atom. The van der Waals surface area contributed by atoms with Gasteiger partial charge in [-0.3, -0.25) is 9.59 Å². The standard InChI is InChI=1S/C43H53N3O7S/c1-31-20-22-35-33(29-31)42(3,4)37(44(35)26-14-10-13-19-41(49)53-46-39(47)24-25-40(46)48)17-11-8-7-9-12-18-38-43(5,6)34-30-32(2)21-23-36(34)45(38)27-15-16-28-54(50,51)52/h7-9,11-12,17-18,20-23,29-30H,10,13-16,19,24-28H2,1-6H3. The zero-order valence-electron chi connectivity index (χ0n) is 32.4. The summed E-state index contributed by atoms with van der Waals surface area (Å²) in [5.41, 5.74) is 9.02. The number of aryl methyl sites for hydroxylation is 2. The molecule has 1 fully saturated rings. The number of hydrogen-bond acceptors (Lipinski definition) is 8. The summed E-state index contributed by atoms with van der Waals surface area (Å²) in [7, 11) is -4.24. The number of carbonyl (C=O) groups excluding carboxylic acids is 3. The Morgan fingerprint density at radius 1 is 0.833 bits per heavy atom. The van der Waals surface area contributed by atoms with Crippen LogP contribution in [0.5, 0.6) is 0 Å². The van der Waals surface area contributed by atoms with Crippen LogP contribution in [0.2, 0.25) is 0 Å². The summed E-state index contributed by atoms with van der Waals surface area (Å²) in [6.07, 6.45) is 17.8. The van der Waals surface area contributed by atoms with Crippen molar-refractivity contribution < 1.29 is 36.8 Å². The van der Waals surface area contributed by atoms with Crippen LogP contribution in [0.3, 0.4) is 0 Å². The van der Waals surface area contributed by atoms with E-state index in [0.29, 0.717) is 30.9 Å². The minimum atomic E-state index is -4.24. The summed E-state index contributed by atoms with van der Waals surface area (Å²) >= 11 is 0. The number of nitrogens with zero attached hydrogens (tertiary/aromatic N) is 3. The van der Waals surface area contributed by atoms with E-state index in [2.05, 4.69) is 106 Å². The van der Waals surface area contributed by atoms with Gasteiger partial charge < -0.3 is 14.3 Å². The average Bonchev–Trinajstić information content (AvgIpc) is 3.60. The number of benzene rings is 2. The van der Waals surface area contributed by atoms with Crippen LogP contribution >= 0.6 is 0 Å². The number of fused-ring (bicyclic) bond motifs is 2. The van der Waals surface area contributed by atoms with Crippen molar-refractivity contribution in [1.82, 2.24) is 5.06 Å². The Labute approximate surface area is 320 Å². The van der Waals surface area contributed by atoms with Crippen molar-refractivity contribution >= 4 is 45.0 Å². The van der Waals surface area contributed by atoms with Crippen LogP contribution in [0.1, 0.15) is 101 Å². The molecule has 5 rings (SSSR count). The van der Waals surface area contributed by atoms with Gasteiger partial charge in [0.15, 0.2) is 5.71 Å². The molecule has 3 heterocycles. The highest BCUT2D eigenvalue weighted by Gasteiger charge is 2.44. The van der Waals surface area contributed by atoms with Crippen LogP contribution in [-0.4, -0.2) is 64.9 Å². The number of hydrogen-bond donors (Lipinski definition) is 0. The predicted octanol–water partition coefficient (Wildman–Crippen LogP) is 7.52. The summed E-state index contributed by atoms with van der Waals surface area (Å²) in [4.78, 5) is 43.0. The zero-order valence-corrected chi connectivity index (χ0v) is 33.2. The van der Waals surface area contributed by atoms with Crippen LogP contribution in [0, 0.1) is 13.8 Å². The highest BCUT2D eigenvalue weighted by atomic mass is 32.2. The van der Waals surface area contributed by atoms with E-state index in [0.717, 1.165) is 30.8 Å². The molecule has 1 saturated heterocycles. The van der Waals surface area contributed by atoms with Crippen molar-refractivity contribution in [2.45, 2.75) is 104 Å². The first kappa shape index (κ1) is 40.6. The van der Waals surface area contributed by atoms with Crippen molar-refractivity contribution in [3.05, 3.63) is 107 Å². The van der Waals surface area contributed by atoms with Crippen LogP contribution in [0.15, 0.2) is 84.6 Å². The number of allylic oxidation sites excluding steroid dienone is 8. The molecule has 11 heteroatoms. The molecule has 0 aromatic heterocycles. The first-order valence-electron chi connectivity index (χ1n) is 18.9. The van der Waals surface area contributed by atoms with Gasteiger partial charge in [-0.25, -0.2) is 13.2 Å². The minimum absolute atomic E-state index is 0.0794. The van der Waals surface area contributed by atoms with Crippen molar-refractivity contribution in [3.63, 3.8) is 0 Å². The molecule has 2 aromatic carbocycles. The molecule has 10 nitrogen and oxygen atoms in total. The van der Waals surface area contributed by atoms with Crippen molar-refractivity contribution in [1.29, 1.82) is 0 Å². The first-order chi connectivity index (χ1) is 25.5. The molecule has 0 aliphatic carbocycles. The molecule has 0 unspecified atom stereocenters. The van der Waals surface area contributed by atoms with Gasteiger partial charge >= 0.3 is 5.97 Å². The van der Waals surface area contributed by atoms with E-state index in [1.807, 2.05) is 24.3 Å². The number of rotatable bonds is 16. The molecule has 3 aliphatic rings. The third-order valence-corrected chi connectivity index (χ3v) is 11.3. The lowest BCUT2D eigenvalue weighted by atomic mass is 9.81. The molecule has 0 atom stereocenters. The fourth-order valence-corrected chi connectivity index (χ4v) is 8.17. The van der Waals surface area contributed by atoms with Gasteiger partial charge in [-0.05, 0) is 77.2 Å². The smallest absolute Gasteiger partial charge is 0.333 e. The summed E-state index contributed by atoms with van der Waals surface area (Å²) in [5, 5.41) is 0.605. The van der Waals surface area contributed by atoms with E-state index < -0.39 is 27.9 Å². The lowest BCUT2D eigenvalue weighted by molar-refractivity contribution is -0.438. The highest BCUT2D eigenvalue weighted by Crippen LogP contribution is 2.48. The molecule has 0 N–H and O–H groups in total. The lowest BCUT2D eigenvalue weighted by Crippen LogP contribution is -2.31. The fraction of sp³-hybridized carbons (Fsp3) is 0.442. The van der Waals surface area contributed by atoms with Crippen LogP contribution in [0.25, 0.3) is 0 Å². The quantitative estimate of drug-likeness (QED) is 0.0566. The van der Waals surface area contributed by atoms with E-state index in [9.17, 15) is 27.4 Å². The Hall–Kier alpha value is -4.61. The highest BCUT2D eigenvalue weighted by molar-refractivity contribution is 7.85. The molecule has 3 aliphatic heterocycles. The normalized spacial score (nSPS) is 18.7. The van der Waals surface area contributed by atoms with E-state index in [-0.39, 0.29) is 35.8 Å². The largest absolute Gasteiger partial charge is 0.748 e. The van der Waals surface area contributed by atoms with Gasteiger partial charge in [0, 0.05) is 72.5 Å². The third-order valence-electron chi connectivity index (χ3n) is 10.5. The number of imide groups is 1. The number of unbranched alkanes of at least 4 members (excludes halogenated alkanes) is 3. The summed E-state index contributed by atoms with van der Waals surface area (Å²) < 4.78 is 35.9. The van der Waals surface area contributed by atoms with Gasteiger partial charge in [0.1, 0.15) is 6.54 Å². The van der Waals surface area contributed by atoms with Crippen LogP contribution in [0.4, 0.5) is 11.4 Å². The predicted molar refractivity (Wildman–Crippen MR) is 210 cm³/mol. The molecular formula is C43H53N3O7S. The second kappa shape index (κ2) is 16.8. The fourth-order valence-electron chi connectivity index (χ4n) is 7.62. The van der Waals surface area contributed by atoms with Crippen molar-refractivity contribution in [2.75, 3.05) is 23.7 Å². The van der Waals surface area contributed by atoms with Gasteiger partial charge in [-0.15, -0.1) is 5.06 Å². The Balaban J connectivity index is 1.25. The summed E-state index contributed by atoms with van der Waals surface area (Å²) in [6.45, 7) is 14.5. The van der Waals surface area contributed by atoms with Gasteiger partial charge in [-0.1, -0.05) is 73.6 Å². The minimum Gasteiger partial charge on any atom is -0.748 e. The monoisotopic (exact) mass is 755 g/mol. The van der Waals surface area contributed by atoms with Crippen LogP contribution < -0.4 is 4.90 Å².